The quantitative estimate of drug-likeness (QED) is 0.474. The van der Waals surface area contributed by atoms with Crippen molar-refractivity contribution in [3.63, 3.8) is 0 Å². The van der Waals surface area contributed by atoms with Crippen LogP contribution in [0.3, 0.4) is 0 Å². The average Bonchev–Trinajstić information content (AvgIpc) is 2.52. The van der Waals surface area contributed by atoms with E-state index in [1.54, 1.807) is 23.9 Å². The largest absolute Gasteiger partial charge is 0.348 e. The third-order valence-electron chi connectivity index (χ3n) is 3.00. The second kappa shape index (κ2) is 7.97. The van der Waals surface area contributed by atoms with E-state index in [-0.39, 0.29) is 12.0 Å². The molecule has 0 aliphatic carbocycles. The molecule has 1 saturated heterocycles. The topological polar surface area (TPSA) is 61.6 Å². The van der Waals surface area contributed by atoms with Gasteiger partial charge in [-0.05, 0) is 30.0 Å². The maximum Gasteiger partial charge on any atom is 0.269 e. The van der Waals surface area contributed by atoms with Gasteiger partial charge in [0.15, 0.2) is 6.29 Å². The highest BCUT2D eigenvalue weighted by molar-refractivity contribution is 7.99. The zero-order valence-electron chi connectivity index (χ0n) is 11.7. The van der Waals surface area contributed by atoms with E-state index in [0.717, 1.165) is 5.56 Å². The zero-order valence-corrected chi connectivity index (χ0v) is 12.5. The molecule has 1 aromatic carbocycles. The number of non-ortho nitro benzene ring substituents is 1. The van der Waals surface area contributed by atoms with E-state index in [4.69, 9.17) is 9.47 Å². The second-order valence-electron chi connectivity index (χ2n) is 4.49. The summed E-state index contributed by atoms with van der Waals surface area (Å²) in [6.45, 7) is 1.39. The Balaban J connectivity index is 1.82. The number of nitro benzene ring substituents is 1. The fourth-order valence-corrected chi connectivity index (χ4v) is 2.21. The number of ether oxygens (including phenoxy) is 2. The lowest BCUT2D eigenvalue weighted by Gasteiger charge is -2.26. The van der Waals surface area contributed by atoms with E-state index in [1.807, 2.05) is 30.6 Å². The molecule has 1 heterocycles. The fourth-order valence-electron chi connectivity index (χ4n) is 1.78. The first kappa shape index (κ1) is 15.8. The number of nitrogens with zero attached hydrogens (tertiary/aromatic N) is 1. The molecule has 1 aromatic rings. The zero-order chi connectivity index (χ0) is 15.1. The van der Waals surface area contributed by atoms with Gasteiger partial charge in [0, 0.05) is 12.1 Å². The van der Waals surface area contributed by atoms with Crippen molar-refractivity contribution in [1.29, 1.82) is 0 Å². The van der Waals surface area contributed by atoms with Gasteiger partial charge in [0.25, 0.3) is 5.69 Å². The lowest BCUT2D eigenvalue weighted by molar-refractivity contribution is -0.384. The molecule has 0 aromatic heterocycles. The molecular formula is C15H17NO4S. The van der Waals surface area contributed by atoms with Crippen LogP contribution in [0.4, 0.5) is 5.69 Å². The Kier molecular flexibility index (Phi) is 5.98. The third kappa shape index (κ3) is 5.00. The highest BCUT2D eigenvalue weighted by atomic mass is 32.2. The molecule has 0 spiro atoms. The highest BCUT2D eigenvalue weighted by Crippen LogP contribution is 2.16. The number of hydrogen-bond donors (Lipinski definition) is 0. The third-order valence-corrected chi connectivity index (χ3v) is 3.94. The van der Waals surface area contributed by atoms with E-state index in [1.165, 1.54) is 12.1 Å². The molecular weight excluding hydrogens is 290 g/mol. The first-order chi connectivity index (χ1) is 10.2. The van der Waals surface area contributed by atoms with Crippen LogP contribution in [0.15, 0.2) is 42.5 Å². The summed E-state index contributed by atoms with van der Waals surface area (Å²) in [6, 6.07) is 6.39. The van der Waals surface area contributed by atoms with Gasteiger partial charge in [0.2, 0.25) is 0 Å². The van der Waals surface area contributed by atoms with Crippen molar-refractivity contribution in [3.8, 4) is 0 Å². The molecule has 0 radical (unpaired) electrons. The van der Waals surface area contributed by atoms with Crippen molar-refractivity contribution >= 4 is 23.5 Å². The van der Waals surface area contributed by atoms with Gasteiger partial charge in [-0.2, -0.15) is 11.8 Å². The minimum atomic E-state index is -0.410. The SMILES string of the molecule is CSC1COC(C=CC=Cc2ccc([N+](=O)[O-])cc2)OC1. The molecule has 1 aliphatic heterocycles. The average molecular weight is 307 g/mol. The summed E-state index contributed by atoms with van der Waals surface area (Å²) in [5, 5.41) is 10.9. The fraction of sp³-hybridized carbons (Fsp3) is 0.333. The van der Waals surface area contributed by atoms with Gasteiger partial charge in [-0.3, -0.25) is 10.1 Å². The summed E-state index contributed by atoms with van der Waals surface area (Å²) in [4.78, 5) is 10.1. The van der Waals surface area contributed by atoms with Gasteiger partial charge in [-0.1, -0.05) is 18.2 Å². The first-order valence-corrected chi connectivity index (χ1v) is 7.83. The van der Waals surface area contributed by atoms with Crippen molar-refractivity contribution in [2.75, 3.05) is 19.5 Å². The molecule has 2 rings (SSSR count). The van der Waals surface area contributed by atoms with Gasteiger partial charge in [0.05, 0.1) is 23.4 Å². The molecule has 6 heteroatoms. The Bertz CT molecular complexity index is 519. The summed E-state index contributed by atoms with van der Waals surface area (Å²) in [5.41, 5.74) is 0.994. The van der Waals surface area contributed by atoms with E-state index in [9.17, 15) is 10.1 Å². The molecule has 0 atom stereocenters. The molecule has 1 fully saturated rings. The summed E-state index contributed by atoms with van der Waals surface area (Å²) < 4.78 is 11.1. The Morgan fingerprint density at radius 2 is 1.90 bits per heavy atom. The van der Waals surface area contributed by atoms with Crippen molar-refractivity contribution in [2.24, 2.45) is 0 Å². The van der Waals surface area contributed by atoms with E-state index >= 15 is 0 Å². The van der Waals surface area contributed by atoms with Crippen LogP contribution in [-0.4, -0.2) is 35.9 Å². The number of thioether (sulfide) groups is 1. The van der Waals surface area contributed by atoms with Crippen molar-refractivity contribution in [1.82, 2.24) is 0 Å². The monoisotopic (exact) mass is 307 g/mol. The van der Waals surface area contributed by atoms with Crippen LogP contribution in [0.1, 0.15) is 5.56 Å². The first-order valence-electron chi connectivity index (χ1n) is 6.54. The summed E-state index contributed by atoms with van der Waals surface area (Å²) in [5.74, 6) is 0. The normalized spacial score (nSPS) is 22.9. The predicted molar refractivity (Wildman–Crippen MR) is 84.3 cm³/mol. The summed E-state index contributed by atoms with van der Waals surface area (Å²) in [6.07, 6.45) is 9.17. The van der Waals surface area contributed by atoms with Crippen molar-refractivity contribution < 1.29 is 14.4 Å². The van der Waals surface area contributed by atoms with Crippen LogP contribution in [-0.2, 0) is 9.47 Å². The van der Waals surface area contributed by atoms with Crippen LogP contribution < -0.4 is 0 Å². The van der Waals surface area contributed by atoms with Crippen LogP contribution in [0.2, 0.25) is 0 Å². The minimum absolute atomic E-state index is 0.0926. The van der Waals surface area contributed by atoms with Gasteiger partial charge in [-0.15, -0.1) is 0 Å². The molecule has 112 valence electrons. The number of rotatable bonds is 5. The Morgan fingerprint density at radius 3 is 2.48 bits per heavy atom. The van der Waals surface area contributed by atoms with Crippen LogP contribution in [0.25, 0.3) is 6.08 Å². The second-order valence-corrected chi connectivity index (χ2v) is 5.62. The van der Waals surface area contributed by atoms with Crippen molar-refractivity contribution in [3.05, 3.63) is 58.2 Å². The number of allylic oxidation sites excluding steroid dienone is 2. The minimum Gasteiger partial charge on any atom is -0.348 e. The Hall–Kier alpha value is -1.63. The van der Waals surface area contributed by atoms with Gasteiger partial charge in [0.1, 0.15) is 0 Å². The smallest absolute Gasteiger partial charge is 0.269 e. The number of hydrogen-bond acceptors (Lipinski definition) is 5. The van der Waals surface area contributed by atoms with Crippen molar-refractivity contribution in [2.45, 2.75) is 11.5 Å². The van der Waals surface area contributed by atoms with Crippen LogP contribution in [0, 0.1) is 10.1 Å². The van der Waals surface area contributed by atoms with Gasteiger partial charge >= 0.3 is 0 Å². The lowest BCUT2D eigenvalue weighted by atomic mass is 10.2. The molecule has 0 amide bonds. The maximum atomic E-state index is 10.5. The molecule has 21 heavy (non-hydrogen) atoms. The standard InChI is InChI=1S/C15H17NO4S/c1-21-14-10-19-15(20-11-14)5-3-2-4-12-6-8-13(9-7-12)16(17)18/h2-9,14-15H,10-11H2,1H3. The Labute approximate surface area is 127 Å². The van der Waals surface area contributed by atoms with Gasteiger partial charge in [-0.25, -0.2) is 0 Å². The maximum absolute atomic E-state index is 10.5. The highest BCUT2D eigenvalue weighted by Gasteiger charge is 2.18. The molecule has 1 aliphatic rings. The van der Waals surface area contributed by atoms with E-state index in [0.29, 0.717) is 18.5 Å². The molecule has 0 bridgehead atoms. The molecule has 5 nitrogen and oxygen atoms in total. The van der Waals surface area contributed by atoms with E-state index < -0.39 is 4.92 Å². The number of benzene rings is 1. The Morgan fingerprint density at radius 1 is 1.24 bits per heavy atom. The molecule has 0 unspecified atom stereocenters. The van der Waals surface area contributed by atoms with Crippen LogP contribution >= 0.6 is 11.8 Å². The van der Waals surface area contributed by atoms with Gasteiger partial charge < -0.3 is 9.47 Å². The molecule has 0 saturated carbocycles. The number of nitro groups is 1. The molecule has 0 N–H and O–H groups in total. The summed E-state index contributed by atoms with van der Waals surface area (Å²) >= 11 is 1.74. The van der Waals surface area contributed by atoms with Crippen LogP contribution in [0.5, 0.6) is 0 Å². The van der Waals surface area contributed by atoms with E-state index in [2.05, 4.69) is 0 Å². The summed E-state index contributed by atoms with van der Waals surface area (Å²) in [7, 11) is 0. The predicted octanol–water partition coefficient (Wildman–Crippen LogP) is 3.27. The lowest BCUT2D eigenvalue weighted by Crippen LogP contribution is -2.32.